The van der Waals surface area contributed by atoms with Crippen molar-refractivity contribution in [3.8, 4) is 0 Å². The van der Waals surface area contributed by atoms with Gasteiger partial charge in [0.15, 0.2) is 5.70 Å². The molecule has 0 saturated heterocycles. The lowest BCUT2D eigenvalue weighted by molar-refractivity contribution is -0.130. The number of carbonyl (C=O) groups is 1. The predicted octanol–water partition coefficient (Wildman–Crippen LogP) is 4.12. The monoisotopic (exact) mass is 307 g/mol. The number of carbonyl (C=O) groups excluding carboxylic acids is 1. The van der Waals surface area contributed by atoms with Gasteiger partial charge in [0.25, 0.3) is 0 Å². The van der Waals surface area contributed by atoms with Crippen LogP contribution >= 0.6 is 0 Å². The van der Waals surface area contributed by atoms with Crippen molar-refractivity contribution < 1.29 is 13.9 Å². The van der Waals surface area contributed by atoms with E-state index in [1.165, 1.54) is 12.1 Å². The third-order valence-electron chi connectivity index (χ3n) is 3.28. The zero-order valence-electron chi connectivity index (χ0n) is 12.5. The number of hydrogen-bond acceptors (Lipinski definition) is 3. The second kappa shape index (κ2) is 6.40. The number of allylic oxidation sites excluding steroid dienone is 2. The summed E-state index contributed by atoms with van der Waals surface area (Å²) in [5.41, 5.74) is 2.20. The standard InChI is InChI=1S/C19H14FNO2/c1-13(11-14-7-3-2-4-8-14)12-17-19(22)23-18(21-17)15-9-5-6-10-16(15)20/h2-12H,1H3. The largest absolute Gasteiger partial charge is 0.402 e. The summed E-state index contributed by atoms with van der Waals surface area (Å²) in [6.45, 7) is 1.86. The SMILES string of the molecule is CC(=Cc1ccccc1)C=C1N=C(c2ccccc2F)OC1=O. The Morgan fingerprint density at radius 2 is 1.78 bits per heavy atom. The van der Waals surface area contributed by atoms with Crippen LogP contribution in [0.25, 0.3) is 6.08 Å². The Labute approximate surface area is 133 Å². The van der Waals surface area contributed by atoms with Crippen molar-refractivity contribution in [2.24, 2.45) is 4.99 Å². The van der Waals surface area contributed by atoms with Crippen molar-refractivity contribution in [2.45, 2.75) is 6.92 Å². The molecule has 0 unspecified atom stereocenters. The summed E-state index contributed by atoms with van der Waals surface area (Å²) < 4.78 is 18.8. The number of halogens is 1. The number of rotatable bonds is 3. The summed E-state index contributed by atoms with van der Waals surface area (Å²) in [6, 6.07) is 15.8. The Kier molecular flexibility index (Phi) is 4.15. The number of cyclic esters (lactones) is 1. The summed E-state index contributed by atoms with van der Waals surface area (Å²) in [7, 11) is 0. The topological polar surface area (TPSA) is 38.7 Å². The van der Waals surface area contributed by atoms with Crippen LogP contribution < -0.4 is 0 Å². The zero-order valence-corrected chi connectivity index (χ0v) is 12.5. The van der Waals surface area contributed by atoms with Gasteiger partial charge in [-0.05, 0) is 36.3 Å². The molecule has 2 aromatic rings. The molecule has 23 heavy (non-hydrogen) atoms. The van der Waals surface area contributed by atoms with E-state index in [1.807, 2.05) is 43.3 Å². The first-order valence-electron chi connectivity index (χ1n) is 7.14. The maximum Gasteiger partial charge on any atom is 0.363 e. The normalized spacial score (nSPS) is 16.4. The summed E-state index contributed by atoms with van der Waals surface area (Å²) >= 11 is 0. The van der Waals surface area contributed by atoms with E-state index in [0.29, 0.717) is 0 Å². The molecular weight excluding hydrogens is 293 g/mol. The summed E-state index contributed by atoms with van der Waals surface area (Å²) in [4.78, 5) is 16.0. The Morgan fingerprint density at radius 3 is 2.52 bits per heavy atom. The zero-order chi connectivity index (χ0) is 16.2. The number of benzene rings is 2. The van der Waals surface area contributed by atoms with Crippen LogP contribution in [0, 0.1) is 5.82 Å². The lowest BCUT2D eigenvalue weighted by Gasteiger charge is -1.99. The highest BCUT2D eigenvalue weighted by Gasteiger charge is 2.25. The average Bonchev–Trinajstić information content (AvgIpc) is 2.89. The van der Waals surface area contributed by atoms with Crippen molar-refractivity contribution >= 4 is 17.9 Å². The highest BCUT2D eigenvalue weighted by molar-refractivity contribution is 6.11. The second-order valence-corrected chi connectivity index (χ2v) is 5.11. The third-order valence-corrected chi connectivity index (χ3v) is 3.28. The van der Waals surface area contributed by atoms with E-state index >= 15 is 0 Å². The van der Waals surface area contributed by atoms with Gasteiger partial charge in [0, 0.05) is 0 Å². The highest BCUT2D eigenvalue weighted by Crippen LogP contribution is 2.20. The molecule has 0 spiro atoms. The van der Waals surface area contributed by atoms with Crippen LogP contribution in [0.4, 0.5) is 4.39 Å². The Bertz CT molecular complexity index is 835. The van der Waals surface area contributed by atoms with E-state index in [0.717, 1.165) is 11.1 Å². The maximum atomic E-state index is 13.7. The first-order valence-corrected chi connectivity index (χ1v) is 7.14. The number of aliphatic imine (C=N–C) groups is 1. The maximum absolute atomic E-state index is 13.7. The summed E-state index contributed by atoms with van der Waals surface area (Å²) in [5, 5.41) is 0. The molecule has 114 valence electrons. The number of hydrogen-bond donors (Lipinski definition) is 0. The van der Waals surface area contributed by atoms with Gasteiger partial charge in [0.05, 0.1) is 5.56 Å². The van der Waals surface area contributed by atoms with Crippen molar-refractivity contribution in [3.05, 3.63) is 88.9 Å². The molecule has 0 N–H and O–H groups in total. The fourth-order valence-electron chi connectivity index (χ4n) is 2.23. The molecule has 0 saturated carbocycles. The average molecular weight is 307 g/mol. The molecule has 4 heteroatoms. The Balaban J connectivity index is 1.89. The number of nitrogens with zero attached hydrogens (tertiary/aromatic N) is 1. The van der Waals surface area contributed by atoms with Crippen LogP contribution in [0.1, 0.15) is 18.1 Å². The molecule has 1 aliphatic heterocycles. The molecule has 0 aliphatic carbocycles. The fraction of sp³-hybridized carbons (Fsp3) is 0.0526. The van der Waals surface area contributed by atoms with E-state index in [4.69, 9.17) is 4.74 Å². The quantitative estimate of drug-likeness (QED) is 0.632. The Morgan fingerprint density at radius 1 is 1.09 bits per heavy atom. The Hall–Kier alpha value is -3.01. The van der Waals surface area contributed by atoms with Crippen LogP contribution in [0.5, 0.6) is 0 Å². The van der Waals surface area contributed by atoms with Gasteiger partial charge >= 0.3 is 5.97 Å². The van der Waals surface area contributed by atoms with Crippen molar-refractivity contribution in [1.29, 1.82) is 0 Å². The lowest BCUT2D eigenvalue weighted by atomic mass is 10.1. The molecule has 3 rings (SSSR count). The van der Waals surface area contributed by atoms with Crippen LogP contribution in [0.15, 0.2) is 76.9 Å². The summed E-state index contributed by atoms with van der Waals surface area (Å²) in [5.74, 6) is -1.06. The molecule has 0 atom stereocenters. The number of esters is 1. The first-order chi connectivity index (χ1) is 11.1. The van der Waals surface area contributed by atoms with Gasteiger partial charge in [-0.3, -0.25) is 0 Å². The van der Waals surface area contributed by atoms with Gasteiger partial charge in [-0.25, -0.2) is 14.2 Å². The fourth-order valence-corrected chi connectivity index (χ4v) is 2.23. The number of ether oxygens (including phenoxy) is 1. The van der Waals surface area contributed by atoms with Gasteiger partial charge in [-0.1, -0.05) is 48.5 Å². The van der Waals surface area contributed by atoms with E-state index < -0.39 is 11.8 Å². The minimum absolute atomic E-state index is 0.00754. The van der Waals surface area contributed by atoms with Gasteiger partial charge < -0.3 is 4.74 Å². The molecule has 1 heterocycles. The van der Waals surface area contributed by atoms with E-state index in [-0.39, 0.29) is 17.2 Å². The second-order valence-electron chi connectivity index (χ2n) is 5.11. The molecule has 0 fully saturated rings. The minimum Gasteiger partial charge on any atom is -0.402 e. The van der Waals surface area contributed by atoms with E-state index in [2.05, 4.69) is 4.99 Å². The molecule has 1 aliphatic rings. The summed E-state index contributed by atoms with van der Waals surface area (Å²) in [6.07, 6.45) is 3.56. The molecular formula is C19H14FNO2. The smallest absolute Gasteiger partial charge is 0.363 e. The molecule has 3 nitrogen and oxygen atoms in total. The predicted molar refractivity (Wildman–Crippen MR) is 87.2 cm³/mol. The highest BCUT2D eigenvalue weighted by atomic mass is 19.1. The van der Waals surface area contributed by atoms with Crippen molar-refractivity contribution in [1.82, 2.24) is 0 Å². The van der Waals surface area contributed by atoms with Crippen LogP contribution in [-0.2, 0) is 9.53 Å². The van der Waals surface area contributed by atoms with Gasteiger partial charge in [-0.15, -0.1) is 0 Å². The van der Waals surface area contributed by atoms with Crippen molar-refractivity contribution in [3.63, 3.8) is 0 Å². The van der Waals surface area contributed by atoms with Gasteiger partial charge in [0.1, 0.15) is 5.82 Å². The lowest BCUT2D eigenvalue weighted by Crippen LogP contribution is -2.07. The minimum atomic E-state index is -0.580. The molecule has 0 bridgehead atoms. The molecule has 0 aromatic heterocycles. The van der Waals surface area contributed by atoms with Gasteiger partial charge in [-0.2, -0.15) is 0 Å². The van der Waals surface area contributed by atoms with Crippen LogP contribution in [0.2, 0.25) is 0 Å². The third kappa shape index (κ3) is 3.43. The van der Waals surface area contributed by atoms with Crippen LogP contribution in [-0.4, -0.2) is 11.9 Å². The van der Waals surface area contributed by atoms with Crippen LogP contribution in [0.3, 0.4) is 0 Å². The first kappa shape index (κ1) is 14.9. The molecule has 0 radical (unpaired) electrons. The van der Waals surface area contributed by atoms with E-state index in [1.54, 1.807) is 18.2 Å². The molecule has 2 aromatic carbocycles. The van der Waals surface area contributed by atoms with Gasteiger partial charge in [0.2, 0.25) is 5.90 Å². The molecule has 0 amide bonds. The van der Waals surface area contributed by atoms with Crippen molar-refractivity contribution in [2.75, 3.05) is 0 Å². The van der Waals surface area contributed by atoms with E-state index in [9.17, 15) is 9.18 Å².